The van der Waals surface area contributed by atoms with Crippen molar-refractivity contribution in [3.63, 3.8) is 0 Å². The number of carbonyl (C=O) groups excluding carboxylic acids is 1. The zero-order valence-electron chi connectivity index (χ0n) is 10.2. The maximum absolute atomic E-state index is 11.5. The number of ether oxygens (including phenoxy) is 1. The van der Waals surface area contributed by atoms with Crippen molar-refractivity contribution >= 4 is 5.97 Å². The topological polar surface area (TPSA) is 41.6 Å². The molecule has 2 saturated heterocycles. The average Bonchev–Trinajstić information content (AvgIpc) is 2.52. The summed E-state index contributed by atoms with van der Waals surface area (Å²) in [5, 5.41) is 3.36. The third-order valence-corrected chi connectivity index (χ3v) is 3.91. The molecule has 4 nitrogen and oxygen atoms in total. The second kappa shape index (κ2) is 5.15. The van der Waals surface area contributed by atoms with Crippen LogP contribution in [0.3, 0.4) is 0 Å². The average molecular weight is 226 g/mol. The summed E-state index contributed by atoms with van der Waals surface area (Å²) in [4.78, 5) is 13.9. The minimum absolute atomic E-state index is 0.0673. The van der Waals surface area contributed by atoms with Crippen molar-refractivity contribution in [1.29, 1.82) is 0 Å². The maximum atomic E-state index is 11.5. The summed E-state index contributed by atoms with van der Waals surface area (Å²) in [6.07, 6.45) is 4.82. The second-order valence-electron chi connectivity index (χ2n) is 4.82. The highest BCUT2D eigenvalue weighted by Crippen LogP contribution is 2.35. The Kier molecular flexibility index (Phi) is 3.82. The fraction of sp³-hybridized carbons (Fsp3) is 0.917. The number of hydrogen-bond acceptors (Lipinski definition) is 4. The van der Waals surface area contributed by atoms with E-state index in [1.54, 1.807) is 0 Å². The lowest BCUT2D eigenvalue weighted by atomic mass is 9.97. The third kappa shape index (κ3) is 2.38. The number of fused-ring (bicyclic) bond motifs is 2. The van der Waals surface area contributed by atoms with Crippen LogP contribution in [0.2, 0.25) is 0 Å². The Morgan fingerprint density at radius 3 is 2.50 bits per heavy atom. The molecule has 0 amide bonds. The molecule has 0 radical (unpaired) electrons. The first-order valence-corrected chi connectivity index (χ1v) is 6.33. The highest BCUT2D eigenvalue weighted by molar-refractivity contribution is 5.71. The Morgan fingerprint density at radius 2 is 2.00 bits per heavy atom. The Labute approximate surface area is 97.3 Å². The summed E-state index contributed by atoms with van der Waals surface area (Å²) in [6.45, 7) is 2.83. The van der Waals surface area contributed by atoms with Crippen LogP contribution in [-0.2, 0) is 9.53 Å². The lowest BCUT2D eigenvalue weighted by Gasteiger charge is -2.38. The molecule has 4 heteroatoms. The molecule has 0 aliphatic carbocycles. The van der Waals surface area contributed by atoms with E-state index in [4.69, 9.17) is 4.74 Å². The Bertz CT molecular complexity index is 243. The standard InChI is InChI=1S/C12H22N2O2/c1-3-16-12(15)8-14-10-4-5-11(14)7-9(6-10)13-2/h9-11,13H,3-8H2,1-2H3. The summed E-state index contributed by atoms with van der Waals surface area (Å²) in [5.74, 6) is -0.0673. The van der Waals surface area contributed by atoms with Crippen molar-refractivity contribution in [2.24, 2.45) is 0 Å². The van der Waals surface area contributed by atoms with Gasteiger partial charge >= 0.3 is 5.97 Å². The quantitative estimate of drug-likeness (QED) is 0.719. The van der Waals surface area contributed by atoms with Gasteiger partial charge in [0.15, 0.2) is 0 Å². The highest BCUT2D eigenvalue weighted by atomic mass is 16.5. The Morgan fingerprint density at radius 1 is 1.38 bits per heavy atom. The normalized spacial score (nSPS) is 34.0. The van der Waals surface area contributed by atoms with Gasteiger partial charge in [0.05, 0.1) is 13.2 Å². The van der Waals surface area contributed by atoms with E-state index < -0.39 is 0 Å². The van der Waals surface area contributed by atoms with Crippen LogP contribution in [0.1, 0.15) is 32.6 Å². The number of nitrogens with zero attached hydrogens (tertiary/aromatic N) is 1. The van der Waals surface area contributed by atoms with Gasteiger partial charge in [-0.05, 0) is 39.7 Å². The summed E-state index contributed by atoms with van der Waals surface area (Å²) >= 11 is 0. The summed E-state index contributed by atoms with van der Waals surface area (Å²) in [5.41, 5.74) is 0. The smallest absolute Gasteiger partial charge is 0.320 e. The SMILES string of the molecule is CCOC(=O)CN1C2CCC1CC(NC)C2. The number of nitrogens with one attached hydrogen (secondary N) is 1. The van der Waals surface area contributed by atoms with E-state index in [1.807, 2.05) is 14.0 Å². The monoisotopic (exact) mass is 226 g/mol. The van der Waals surface area contributed by atoms with E-state index in [0.717, 1.165) is 0 Å². The van der Waals surface area contributed by atoms with Crippen LogP contribution < -0.4 is 5.32 Å². The van der Waals surface area contributed by atoms with Crippen LogP contribution in [0.25, 0.3) is 0 Å². The predicted octanol–water partition coefficient (Wildman–Crippen LogP) is 0.764. The van der Waals surface area contributed by atoms with Crippen LogP contribution in [0, 0.1) is 0 Å². The maximum Gasteiger partial charge on any atom is 0.320 e. The number of esters is 1. The first-order chi connectivity index (χ1) is 7.74. The molecule has 2 unspecified atom stereocenters. The first-order valence-electron chi connectivity index (χ1n) is 6.33. The van der Waals surface area contributed by atoms with Gasteiger partial charge in [0, 0.05) is 18.1 Å². The third-order valence-electron chi connectivity index (χ3n) is 3.91. The largest absolute Gasteiger partial charge is 0.465 e. The van der Waals surface area contributed by atoms with Crippen LogP contribution in [-0.4, -0.2) is 49.2 Å². The van der Waals surface area contributed by atoms with E-state index in [-0.39, 0.29) is 5.97 Å². The highest BCUT2D eigenvalue weighted by Gasteiger charge is 2.40. The van der Waals surface area contributed by atoms with Crippen molar-refractivity contribution in [1.82, 2.24) is 10.2 Å². The summed E-state index contributed by atoms with van der Waals surface area (Å²) in [7, 11) is 2.03. The minimum Gasteiger partial charge on any atom is -0.465 e. The molecule has 2 heterocycles. The molecular formula is C12H22N2O2. The Balaban J connectivity index is 1.90. The van der Waals surface area contributed by atoms with E-state index in [0.29, 0.717) is 31.3 Å². The predicted molar refractivity (Wildman–Crippen MR) is 62.2 cm³/mol. The lowest BCUT2D eigenvalue weighted by Crippen LogP contribution is -2.50. The molecule has 2 atom stereocenters. The second-order valence-corrected chi connectivity index (χ2v) is 4.82. The van der Waals surface area contributed by atoms with E-state index in [2.05, 4.69) is 10.2 Å². The van der Waals surface area contributed by atoms with Gasteiger partial charge in [-0.2, -0.15) is 0 Å². The number of rotatable bonds is 4. The zero-order chi connectivity index (χ0) is 11.5. The van der Waals surface area contributed by atoms with Crippen LogP contribution in [0.4, 0.5) is 0 Å². The van der Waals surface area contributed by atoms with Gasteiger partial charge in [0.2, 0.25) is 0 Å². The number of hydrogen-bond donors (Lipinski definition) is 1. The van der Waals surface area contributed by atoms with Gasteiger partial charge in [-0.15, -0.1) is 0 Å². The van der Waals surface area contributed by atoms with Gasteiger partial charge in [-0.1, -0.05) is 0 Å². The summed E-state index contributed by atoms with van der Waals surface area (Å²) in [6, 6.07) is 1.80. The molecule has 92 valence electrons. The minimum atomic E-state index is -0.0673. The van der Waals surface area contributed by atoms with Gasteiger partial charge in [0.1, 0.15) is 0 Å². The van der Waals surface area contributed by atoms with Crippen molar-refractivity contribution in [3.8, 4) is 0 Å². The molecule has 0 aromatic carbocycles. The zero-order valence-corrected chi connectivity index (χ0v) is 10.2. The van der Waals surface area contributed by atoms with Gasteiger partial charge in [-0.3, -0.25) is 9.69 Å². The molecule has 2 rings (SSSR count). The van der Waals surface area contributed by atoms with Crippen molar-refractivity contribution in [2.75, 3.05) is 20.2 Å². The number of carbonyl (C=O) groups is 1. The fourth-order valence-electron chi connectivity index (χ4n) is 3.12. The Hall–Kier alpha value is -0.610. The molecule has 0 spiro atoms. The van der Waals surface area contributed by atoms with Crippen molar-refractivity contribution in [3.05, 3.63) is 0 Å². The van der Waals surface area contributed by atoms with Gasteiger partial charge in [0.25, 0.3) is 0 Å². The van der Waals surface area contributed by atoms with Crippen molar-refractivity contribution < 1.29 is 9.53 Å². The first kappa shape index (κ1) is 11.9. The van der Waals surface area contributed by atoms with Crippen LogP contribution in [0.15, 0.2) is 0 Å². The molecule has 0 aromatic rings. The summed E-state index contributed by atoms with van der Waals surface area (Å²) < 4.78 is 5.03. The molecule has 2 bridgehead atoms. The van der Waals surface area contributed by atoms with Gasteiger partial charge in [-0.25, -0.2) is 0 Å². The van der Waals surface area contributed by atoms with Gasteiger partial charge < -0.3 is 10.1 Å². The molecule has 0 aromatic heterocycles. The molecule has 0 saturated carbocycles. The molecule has 2 aliphatic heterocycles. The molecule has 16 heavy (non-hydrogen) atoms. The number of piperidine rings is 1. The fourth-order valence-corrected chi connectivity index (χ4v) is 3.12. The lowest BCUT2D eigenvalue weighted by molar-refractivity contribution is -0.145. The molecule has 2 aliphatic rings. The molecule has 2 fully saturated rings. The van der Waals surface area contributed by atoms with Crippen LogP contribution >= 0.6 is 0 Å². The van der Waals surface area contributed by atoms with E-state index in [9.17, 15) is 4.79 Å². The molecule has 1 N–H and O–H groups in total. The van der Waals surface area contributed by atoms with Crippen molar-refractivity contribution in [2.45, 2.75) is 50.7 Å². The van der Waals surface area contributed by atoms with E-state index >= 15 is 0 Å². The van der Waals surface area contributed by atoms with E-state index in [1.165, 1.54) is 25.7 Å². The van der Waals surface area contributed by atoms with Crippen LogP contribution in [0.5, 0.6) is 0 Å². The molecular weight excluding hydrogens is 204 g/mol.